The molecular formula is C20H32O6. The van der Waals surface area contributed by atoms with E-state index in [1.807, 2.05) is 6.92 Å². The van der Waals surface area contributed by atoms with E-state index in [1.165, 1.54) is 0 Å². The van der Waals surface area contributed by atoms with Crippen molar-refractivity contribution >= 4 is 0 Å². The highest BCUT2D eigenvalue weighted by Gasteiger charge is 2.96. The molecule has 11 atom stereocenters. The van der Waals surface area contributed by atoms with E-state index in [2.05, 4.69) is 6.92 Å². The number of fused-ring (bicyclic) bond motifs is 3. The topological polar surface area (TPSA) is 110 Å². The molecule has 0 unspecified atom stereocenters. The van der Waals surface area contributed by atoms with Crippen LogP contribution in [0.5, 0.6) is 0 Å². The van der Waals surface area contributed by atoms with Gasteiger partial charge in [0.2, 0.25) is 0 Å². The first-order valence-corrected chi connectivity index (χ1v) is 10.0. The van der Waals surface area contributed by atoms with Crippen LogP contribution in [0.3, 0.4) is 0 Å². The van der Waals surface area contributed by atoms with Gasteiger partial charge >= 0.3 is 0 Å². The quantitative estimate of drug-likeness (QED) is 0.458. The zero-order valence-corrected chi connectivity index (χ0v) is 16.2. The van der Waals surface area contributed by atoms with Crippen LogP contribution in [-0.4, -0.2) is 60.3 Å². The Hall–Kier alpha value is -0.240. The zero-order valence-electron chi connectivity index (χ0n) is 16.2. The van der Waals surface area contributed by atoms with Gasteiger partial charge in [0, 0.05) is 23.7 Å². The Bertz CT molecular complexity index is 698. The molecule has 6 nitrogen and oxygen atoms in total. The highest BCUT2D eigenvalue weighted by Crippen LogP contribution is 2.83. The Morgan fingerprint density at radius 3 is 2.27 bits per heavy atom. The molecule has 1 aliphatic heterocycles. The number of aliphatic hydroxyl groups excluding tert-OH is 1. The second kappa shape index (κ2) is 4.19. The minimum absolute atomic E-state index is 0.103. The van der Waals surface area contributed by atoms with E-state index >= 15 is 0 Å². The monoisotopic (exact) mass is 368 g/mol. The molecule has 26 heavy (non-hydrogen) atoms. The van der Waals surface area contributed by atoms with Gasteiger partial charge in [-0.05, 0) is 31.6 Å². The summed E-state index contributed by atoms with van der Waals surface area (Å²) in [7, 11) is 0. The fraction of sp³-hybridized carbons (Fsp3) is 1.00. The average molecular weight is 368 g/mol. The first-order valence-electron chi connectivity index (χ1n) is 10.0. The smallest absolute Gasteiger partial charge is 0.177 e. The molecule has 5 fully saturated rings. The van der Waals surface area contributed by atoms with Crippen molar-refractivity contribution in [1.29, 1.82) is 0 Å². The van der Waals surface area contributed by atoms with Gasteiger partial charge < -0.3 is 30.3 Å². The van der Waals surface area contributed by atoms with Gasteiger partial charge in [0.25, 0.3) is 0 Å². The maximum Gasteiger partial charge on any atom is 0.177 e. The van der Waals surface area contributed by atoms with Gasteiger partial charge in [0.1, 0.15) is 11.2 Å². The van der Waals surface area contributed by atoms with Crippen LogP contribution in [0.15, 0.2) is 0 Å². The zero-order chi connectivity index (χ0) is 19.3. The van der Waals surface area contributed by atoms with Crippen molar-refractivity contribution in [3.05, 3.63) is 0 Å². The minimum Gasteiger partial charge on any atom is -0.390 e. The van der Waals surface area contributed by atoms with E-state index in [-0.39, 0.29) is 18.3 Å². The maximum atomic E-state index is 12.1. The summed E-state index contributed by atoms with van der Waals surface area (Å²) in [5.74, 6) is -3.16. The number of rotatable bonds is 1. The van der Waals surface area contributed by atoms with Crippen LogP contribution in [0, 0.1) is 34.5 Å². The summed E-state index contributed by atoms with van der Waals surface area (Å²) in [5.41, 5.74) is -6.83. The third-order valence-corrected chi connectivity index (χ3v) is 10.0. The van der Waals surface area contributed by atoms with Crippen molar-refractivity contribution in [2.75, 3.05) is 0 Å². The van der Waals surface area contributed by atoms with Crippen molar-refractivity contribution in [2.45, 2.75) is 88.7 Å². The Morgan fingerprint density at radius 1 is 1.08 bits per heavy atom. The molecule has 1 saturated heterocycles. The molecular weight excluding hydrogens is 336 g/mol. The third-order valence-electron chi connectivity index (χ3n) is 10.0. The van der Waals surface area contributed by atoms with Crippen molar-refractivity contribution < 1.29 is 30.3 Å². The second-order valence-corrected chi connectivity index (χ2v) is 10.7. The lowest BCUT2D eigenvalue weighted by Gasteiger charge is -2.64. The molecule has 4 aliphatic carbocycles. The van der Waals surface area contributed by atoms with Crippen LogP contribution in [0.4, 0.5) is 0 Å². The lowest BCUT2D eigenvalue weighted by Crippen LogP contribution is -2.77. The predicted octanol–water partition coefficient (Wildman–Crippen LogP) is 0.390. The summed E-state index contributed by atoms with van der Waals surface area (Å²) in [4.78, 5) is 0. The van der Waals surface area contributed by atoms with Gasteiger partial charge in [0.15, 0.2) is 5.79 Å². The summed E-state index contributed by atoms with van der Waals surface area (Å²) < 4.78 is 6.19. The number of ether oxygens (including phenoxy) is 1. The van der Waals surface area contributed by atoms with E-state index < -0.39 is 57.5 Å². The van der Waals surface area contributed by atoms with E-state index in [4.69, 9.17) is 4.74 Å². The number of hydrogen-bond acceptors (Lipinski definition) is 6. The van der Waals surface area contributed by atoms with Crippen LogP contribution < -0.4 is 0 Å². The van der Waals surface area contributed by atoms with Gasteiger partial charge in [0.05, 0.1) is 23.2 Å². The Labute approximate surface area is 154 Å². The summed E-state index contributed by atoms with van der Waals surface area (Å²) in [5, 5.41) is 58.7. The molecule has 5 bridgehead atoms. The largest absolute Gasteiger partial charge is 0.390 e. The molecule has 0 amide bonds. The molecule has 0 aromatic carbocycles. The minimum atomic E-state index is -1.80. The summed E-state index contributed by atoms with van der Waals surface area (Å²) in [6.45, 7) is 9.17. The predicted molar refractivity (Wildman–Crippen MR) is 91.7 cm³/mol. The molecule has 5 rings (SSSR count). The van der Waals surface area contributed by atoms with E-state index in [0.29, 0.717) is 6.42 Å². The van der Waals surface area contributed by atoms with E-state index in [1.54, 1.807) is 20.8 Å². The van der Waals surface area contributed by atoms with Gasteiger partial charge in [-0.25, -0.2) is 0 Å². The van der Waals surface area contributed by atoms with E-state index in [9.17, 15) is 25.5 Å². The van der Waals surface area contributed by atoms with Crippen LogP contribution in [0.25, 0.3) is 0 Å². The summed E-state index contributed by atoms with van der Waals surface area (Å²) in [6, 6.07) is 0. The highest BCUT2D eigenvalue weighted by molar-refractivity contribution is 5.42. The fourth-order valence-corrected chi connectivity index (χ4v) is 8.76. The molecule has 0 aromatic heterocycles. The molecule has 1 heterocycles. The molecule has 148 valence electrons. The van der Waals surface area contributed by atoms with Crippen LogP contribution in [-0.2, 0) is 4.74 Å². The SMILES string of the molecule is CC(C)[C@@]1(O)[C@H](O)[C@@H]2[C@@]3(O)[C@@H]4O[C@@](O)(C[C@@]2(C)[C@@]2(O)CC[C@@H](C)[C@@H]42)[C@]31C. The first kappa shape index (κ1) is 17.8. The number of hydrogen-bond donors (Lipinski definition) is 5. The van der Waals surface area contributed by atoms with E-state index in [0.717, 1.165) is 6.42 Å². The Balaban J connectivity index is 1.87. The standard InChI is InChI=1S/C20H32O6/c1-9(2)19(24)13(21)12-15(4)8-18(23)16(19,5)20(12,25)14(26-18)11-10(3)6-7-17(11,15)22/h9-14,21-25H,6-8H2,1-5H3/t10-,11+,12+,13-,14-,15-,16+,17-,18+,19-,20-/m1/s1. The van der Waals surface area contributed by atoms with Crippen molar-refractivity contribution in [1.82, 2.24) is 0 Å². The van der Waals surface area contributed by atoms with Crippen molar-refractivity contribution in [2.24, 2.45) is 34.5 Å². The fourth-order valence-electron chi connectivity index (χ4n) is 8.76. The summed E-state index contributed by atoms with van der Waals surface area (Å²) >= 11 is 0. The third kappa shape index (κ3) is 1.21. The van der Waals surface area contributed by atoms with Crippen molar-refractivity contribution in [3.63, 3.8) is 0 Å². The maximum absolute atomic E-state index is 12.1. The molecule has 5 N–H and O–H groups in total. The molecule has 0 aromatic rings. The van der Waals surface area contributed by atoms with Crippen LogP contribution in [0.1, 0.15) is 53.9 Å². The Morgan fingerprint density at radius 2 is 1.69 bits per heavy atom. The van der Waals surface area contributed by atoms with Gasteiger partial charge in [-0.15, -0.1) is 0 Å². The lowest BCUT2D eigenvalue weighted by atomic mass is 9.41. The molecule has 6 heteroatoms. The lowest BCUT2D eigenvalue weighted by molar-refractivity contribution is -0.320. The molecule has 0 radical (unpaired) electrons. The molecule has 5 aliphatic rings. The van der Waals surface area contributed by atoms with Crippen LogP contribution >= 0.6 is 0 Å². The molecule has 4 saturated carbocycles. The Kier molecular flexibility index (Phi) is 2.87. The summed E-state index contributed by atoms with van der Waals surface area (Å²) in [6.07, 6.45) is -0.571. The van der Waals surface area contributed by atoms with Gasteiger partial charge in [-0.2, -0.15) is 0 Å². The van der Waals surface area contributed by atoms with Crippen LogP contribution in [0.2, 0.25) is 0 Å². The number of aliphatic hydroxyl groups is 5. The average Bonchev–Trinajstić information content (AvgIpc) is 2.91. The highest BCUT2D eigenvalue weighted by atomic mass is 16.7. The van der Waals surface area contributed by atoms with Gasteiger partial charge in [-0.1, -0.05) is 27.7 Å². The van der Waals surface area contributed by atoms with Crippen molar-refractivity contribution in [3.8, 4) is 0 Å². The normalized spacial score (nSPS) is 71.0. The van der Waals surface area contributed by atoms with Gasteiger partial charge in [-0.3, -0.25) is 0 Å². The second-order valence-electron chi connectivity index (χ2n) is 10.7. The molecule has 0 spiro atoms. The first-order chi connectivity index (χ1) is 11.8.